The number of likely N-dealkylation sites (N-methyl/N-ethyl adjacent to an activating group) is 2. The molecule has 1 aromatic rings. The van der Waals surface area contributed by atoms with Gasteiger partial charge in [0.1, 0.15) is 5.82 Å². The van der Waals surface area contributed by atoms with Crippen LogP contribution in [0, 0.1) is 0 Å². The summed E-state index contributed by atoms with van der Waals surface area (Å²) in [5.74, 6) is 0.895. The summed E-state index contributed by atoms with van der Waals surface area (Å²) in [6.07, 6.45) is 0. The predicted octanol–water partition coefficient (Wildman–Crippen LogP) is 2.08. The van der Waals surface area contributed by atoms with Crippen LogP contribution < -0.4 is 5.32 Å². The second-order valence-corrected chi connectivity index (χ2v) is 5.02. The summed E-state index contributed by atoms with van der Waals surface area (Å²) in [7, 11) is 3.71. The molecule has 0 aliphatic rings. The summed E-state index contributed by atoms with van der Waals surface area (Å²) in [6, 6.07) is 3.64. The van der Waals surface area contributed by atoms with E-state index in [9.17, 15) is 4.79 Å². The van der Waals surface area contributed by atoms with Gasteiger partial charge in [0.25, 0.3) is 0 Å². The van der Waals surface area contributed by atoms with Crippen LogP contribution in [0.5, 0.6) is 0 Å². The van der Waals surface area contributed by atoms with E-state index in [-0.39, 0.29) is 5.91 Å². The number of carbonyl (C=O) groups excluding carboxylic acids is 1. The third-order valence-corrected chi connectivity index (χ3v) is 3.46. The van der Waals surface area contributed by atoms with Crippen molar-refractivity contribution in [2.24, 2.45) is 0 Å². The number of amides is 1. The highest BCUT2D eigenvalue weighted by atomic mass is 35.5. The molecular formula is C14H23ClN4O. The van der Waals surface area contributed by atoms with E-state index in [1.807, 2.05) is 49.9 Å². The molecule has 5 nitrogen and oxygen atoms in total. The number of carbonyl (C=O) groups is 1. The van der Waals surface area contributed by atoms with Gasteiger partial charge in [-0.05, 0) is 33.0 Å². The topological polar surface area (TPSA) is 48.5 Å². The Morgan fingerprint density at radius 2 is 2.00 bits per heavy atom. The number of nitrogens with one attached hydrogen (secondary N) is 1. The standard InChI is InChI=1S/C14H23ClN4O/c1-5-19(6-2)14(20)10-18(4)9-12-11(15)7-8-13(16-3)17-12/h7-8H,5-6,9-10H2,1-4H3,(H,16,17). The Morgan fingerprint density at radius 3 is 2.55 bits per heavy atom. The quantitative estimate of drug-likeness (QED) is 0.837. The van der Waals surface area contributed by atoms with Gasteiger partial charge >= 0.3 is 0 Å². The molecular weight excluding hydrogens is 276 g/mol. The summed E-state index contributed by atoms with van der Waals surface area (Å²) >= 11 is 6.14. The molecule has 1 rings (SSSR count). The van der Waals surface area contributed by atoms with Crippen LogP contribution in [0.4, 0.5) is 5.82 Å². The minimum atomic E-state index is 0.124. The van der Waals surface area contributed by atoms with Crippen molar-refractivity contribution >= 4 is 23.3 Å². The number of anilines is 1. The zero-order chi connectivity index (χ0) is 15.1. The molecule has 0 spiro atoms. The van der Waals surface area contributed by atoms with Crippen LogP contribution in [0.25, 0.3) is 0 Å². The van der Waals surface area contributed by atoms with Crippen LogP contribution in [-0.4, -0.2) is 54.4 Å². The van der Waals surface area contributed by atoms with E-state index in [4.69, 9.17) is 11.6 Å². The number of rotatable bonds is 7. The predicted molar refractivity (Wildman–Crippen MR) is 83.1 cm³/mol. The number of aromatic nitrogens is 1. The molecule has 0 aliphatic heterocycles. The van der Waals surface area contributed by atoms with Crippen molar-refractivity contribution in [2.45, 2.75) is 20.4 Å². The first-order chi connectivity index (χ1) is 9.51. The molecule has 0 saturated heterocycles. The van der Waals surface area contributed by atoms with E-state index in [1.165, 1.54) is 0 Å². The summed E-state index contributed by atoms with van der Waals surface area (Å²) in [5, 5.41) is 3.60. The van der Waals surface area contributed by atoms with Crippen molar-refractivity contribution in [3.8, 4) is 0 Å². The molecule has 6 heteroatoms. The number of hydrogen-bond donors (Lipinski definition) is 1. The van der Waals surface area contributed by atoms with Crippen molar-refractivity contribution in [3.63, 3.8) is 0 Å². The lowest BCUT2D eigenvalue weighted by molar-refractivity contribution is -0.131. The fourth-order valence-electron chi connectivity index (χ4n) is 1.95. The molecule has 112 valence electrons. The van der Waals surface area contributed by atoms with Gasteiger partial charge in [0.2, 0.25) is 5.91 Å². The first-order valence-electron chi connectivity index (χ1n) is 6.81. The van der Waals surface area contributed by atoms with Crippen molar-refractivity contribution in [2.75, 3.05) is 39.0 Å². The molecule has 0 atom stereocenters. The zero-order valence-electron chi connectivity index (χ0n) is 12.6. The summed E-state index contributed by atoms with van der Waals surface area (Å²) in [4.78, 5) is 20.2. The molecule has 0 saturated carbocycles. The van der Waals surface area contributed by atoms with E-state index in [0.717, 1.165) is 24.6 Å². The minimum absolute atomic E-state index is 0.124. The molecule has 1 heterocycles. The van der Waals surface area contributed by atoms with Gasteiger partial charge in [-0.3, -0.25) is 9.69 Å². The third kappa shape index (κ3) is 4.65. The number of nitrogens with zero attached hydrogens (tertiary/aromatic N) is 3. The number of halogens is 1. The van der Waals surface area contributed by atoms with E-state index in [2.05, 4.69) is 10.3 Å². The van der Waals surface area contributed by atoms with Gasteiger partial charge in [0, 0.05) is 26.7 Å². The minimum Gasteiger partial charge on any atom is -0.373 e. The van der Waals surface area contributed by atoms with Crippen molar-refractivity contribution < 1.29 is 4.79 Å². The van der Waals surface area contributed by atoms with Crippen LogP contribution >= 0.6 is 11.6 Å². The van der Waals surface area contributed by atoms with Gasteiger partial charge in [0.05, 0.1) is 17.3 Å². The third-order valence-electron chi connectivity index (χ3n) is 3.12. The monoisotopic (exact) mass is 298 g/mol. The first kappa shape index (κ1) is 16.7. The molecule has 0 fully saturated rings. The fourth-order valence-corrected chi connectivity index (χ4v) is 2.12. The average Bonchev–Trinajstić information content (AvgIpc) is 2.42. The lowest BCUT2D eigenvalue weighted by Crippen LogP contribution is -2.38. The van der Waals surface area contributed by atoms with Crippen molar-refractivity contribution in [3.05, 3.63) is 22.8 Å². The normalized spacial score (nSPS) is 10.7. The molecule has 0 aromatic carbocycles. The van der Waals surface area contributed by atoms with Gasteiger partial charge in [0.15, 0.2) is 0 Å². The van der Waals surface area contributed by atoms with E-state index in [0.29, 0.717) is 18.1 Å². The Labute approximate surface area is 125 Å². The van der Waals surface area contributed by atoms with Gasteiger partial charge in [-0.1, -0.05) is 11.6 Å². The SMILES string of the molecule is CCN(CC)C(=O)CN(C)Cc1nc(NC)ccc1Cl. The lowest BCUT2D eigenvalue weighted by Gasteiger charge is -2.23. The van der Waals surface area contributed by atoms with E-state index >= 15 is 0 Å². The number of hydrogen-bond acceptors (Lipinski definition) is 4. The Kier molecular flexibility index (Phi) is 6.75. The summed E-state index contributed by atoms with van der Waals surface area (Å²) in [6.45, 7) is 6.34. The molecule has 0 aliphatic carbocycles. The highest BCUT2D eigenvalue weighted by Gasteiger charge is 2.14. The lowest BCUT2D eigenvalue weighted by atomic mass is 10.3. The van der Waals surface area contributed by atoms with Crippen LogP contribution in [0.1, 0.15) is 19.5 Å². The van der Waals surface area contributed by atoms with Crippen LogP contribution in [0.2, 0.25) is 5.02 Å². The maximum absolute atomic E-state index is 12.0. The van der Waals surface area contributed by atoms with Gasteiger partial charge in [-0.25, -0.2) is 4.98 Å². The van der Waals surface area contributed by atoms with Crippen LogP contribution in [0.3, 0.4) is 0 Å². The first-order valence-corrected chi connectivity index (χ1v) is 7.19. The Bertz CT molecular complexity index is 449. The van der Waals surface area contributed by atoms with Gasteiger partial charge in [-0.15, -0.1) is 0 Å². The Hall–Kier alpha value is -1.33. The smallest absolute Gasteiger partial charge is 0.236 e. The van der Waals surface area contributed by atoms with E-state index in [1.54, 1.807) is 0 Å². The molecule has 20 heavy (non-hydrogen) atoms. The second kappa shape index (κ2) is 8.07. The summed E-state index contributed by atoms with van der Waals surface area (Å²) < 4.78 is 0. The Balaban J connectivity index is 2.66. The average molecular weight is 299 g/mol. The van der Waals surface area contributed by atoms with Crippen molar-refractivity contribution in [1.82, 2.24) is 14.8 Å². The van der Waals surface area contributed by atoms with Gasteiger partial charge < -0.3 is 10.2 Å². The molecule has 0 bridgehead atoms. The van der Waals surface area contributed by atoms with Crippen LogP contribution in [-0.2, 0) is 11.3 Å². The fraction of sp³-hybridized carbons (Fsp3) is 0.571. The molecule has 1 aromatic heterocycles. The Morgan fingerprint density at radius 1 is 1.35 bits per heavy atom. The maximum atomic E-state index is 12.0. The maximum Gasteiger partial charge on any atom is 0.236 e. The largest absolute Gasteiger partial charge is 0.373 e. The number of pyridine rings is 1. The van der Waals surface area contributed by atoms with E-state index < -0.39 is 0 Å². The molecule has 0 radical (unpaired) electrons. The summed E-state index contributed by atoms with van der Waals surface area (Å²) in [5.41, 5.74) is 0.772. The zero-order valence-corrected chi connectivity index (χ0v) is 13.4. The molecule has 0 unspecified atom stereocenters. The highest BCUT2D eigenvalue weighted by molar-refractivity contribution is 6.31. The second-order valence-electron chi connectivity index (χ2n) is 4.61. The molecule has 1 N–H and O–H groups in total. The van der Waals surface area contributed by atoms with Gasteiger partial charge in [-0.2, -0.15) is 0 Å². The van der Waals surface area contributed by atoms with Crippen molar-refractivity contribution in [1.29, 1.82) is 0 Å². The highest BCUT2D eigenvalue weighted by Crippen LogP contribution is 2.17. The molecule has 1 amide bonds. The van der Waals surface area contributed by atoms with Crippen LogP contribution in [0.15, 0.2) is 12.1 Å².